The van der Waals surface area contributed by atoms with Crippen LogP contribution in [-0.4, -0.2) is 20.7 Å². The molecular formula is C18H14N4OS2. The number of anilines is 1. The summed E-state index contributed by atoms with van der Waals surface area (Å²) in [6.07, 6.45) is 3.27. The molecule has 0 radical (unpaired) electrons. The number of aromatic nitrogens is 3. The molecule has 25 heavy (non-hydrogen) atoms. The number of para-hydroxylation sites is 1. The van der Waals surface area contributed by atoms with Crippen molar-refractivity contribution in [3.63, 3.8) is 0 Å². The lowest BCUT2D eigenvalue weighted by Gasteiger charge is -2.00. The van der Waals surface area contributed by atoms with Gasteiger partial charge >= 0.3 is 0 Å². The average molecular weight is 366 g/mol. The van der Waals surface area contributed by atoms with Gasteiger partial charge in [0.05, 0.1) is 28.0 Å². The molecule has 0 fully saturated rings. The molecule has 1 aromatic carbocycles. The highest BCUT2D eigenvalue weighted by Gasteiger charge is 2.13. The van der Waals surface area contributed by atoms with Gasteiger partial charge < -0.3 is 0 Å². The fourth-order valence-electron chi connectivity index (χ4n) is 2.35. The molecule has 0 atom stereocenters. The van der Waals surface area contributed by atoms with Crippen LogP contribution in [0.3, 0.4) is 0 Å². The third-order valence-corrected chi connectivity index (χ3v) is 5.36. The van der Waals surface area contributed by atoms with E-state index in [1.807, 2.05) is 41.8 Å². The molecule has 5 nitrogen and oxygen atoms in total. The summed E-state index contributed by atoms with van der Waals surface area (Å²) in [6.45, 7) is 2.06. The Morgan fingerprint density at radius 3 is 2.76 bits per heavy atom. The Labute approximate surface area is 152 Å². The zero-order valence-corrected chi connectivity index (χ0v) is 15.0. The fourth-order valence-corrected chi connectivity index (χ4v) is 3.96. The first kappa shape index (κ1) is 15.7. The third kappa shape index (κ3) is 3.38. The maximum atomic E-state index is 12.4. The highest BCUT2D eigenvalue weighted by Crippen LogP contribution is 2.30. The molecule has 1 N–H and O–H groups in total. The number of aryl methyl sites for hydroxylation is 1. The quantitative estimate of drug-likeness (QED) is 0.573. The number of nitrogens with zero attached hydrogens (tertiary/aromatic N) is 3. The molecule has 3 heterocycles. The Hall–Kier alpha value is -2.77. The summed E-state index contributed by atoms with van der Waals surface area (Å²) >= 11 is 3.10. The SMILES string of the molecule is Cc1ccc(-c2csc(NC(=O)c3cnn(-c4ccccc4)c3)n2)s1. The number of nitrogens with one attached hydrogen (secondary N) is 1. The second-order valence-corrected chi connectivity index (χ2v) is 7.56. The molecule has 4 rings (SSSR count). The average Bonchev–Trinajstić information content (AvgIpc) is 3.35. The number of hydrogen-bond donors (Lipinski definition) is 1. The first-order chi connectivity index (χ1) is 12.2. The van der Waals surface area contributed by atoms with E-state index in [0.717, 1.165) is 16.3 Å². The summed E-state index contributed by atoms with van der Waals surface area (Å²) < 4.78 is 1.68. The van der Waals surface area contributed by atoms with E-state index >= 15 is 0 Å². The smallest absolute Gasteiger partial charge is 0.260 e. The molecule has 4 aromatic rings. The van der Waals surface area contributed by atoms with Gasteiger partial charge in [-0.1, -0.05) is 18.2 Å². The number of carbonyl (C=O) groups is 1. The molecule has 0 aliphatic rings. The van der Waals surface area contributed by atoms with Crippen LogP contribution in [0.5, 0.6) is 0 Å². The standard InChI is InChI=1S/C18H14N4OS2/c1-12-7-8-16(25-12)15-11-24-18(20-15)21-17(23)13-9-19-22(10-13)14-5-3-2-4-6-14/h2-11H,1H3,(H,20,21,23). The number of amides is 1. The monoisotopic (exact) mass is 366 g/mol. The van der Waals surface area contributed by atoms with Crippen LogP contribution in [0.4, 0.5) is 5.13 Å². The second-order valence-electron chi connectivity index (χ2n) is 5.41. The molecule has 7 heteroatoms. The van der Waals surface area contributed by atoms with E-state index in [2.05, 4.69) is 28.4 Å². The van der Waals surface area contributed by atoms with Gasteiger partial charge in [0, 0.05) is 16.5 Å². The molecule has 0 aliphatic heterocycles. The maximum absolute atomic E-state index is 12.4. The first-order valence-corrected chi connectivity index (χ1v) is 9.32. The second kappa shape index (κ2) is 6.62. The van der Waals surface area contributed by atoms with Crippen molar-refractivity contribution in [3.8, 4) is 16.3 Å². The Balaban J connectivity index is 1.49. The summed E-state index contributed by atoms with van der Waals surface area (Å²) in [5.74, 6) is -0.217. The lowest BCUT2D eigenvalue weighted by molar-refractivity contribution is 0.102. The molecule has 1 amide bonds. The van der Waals surface area contributed by atoms with Crippen LogP contribution in [0, 0.1) is 6.92 Å². The van der Waals surface area contributed by atoms with Crippen molar-refractivity contribution >= 4 is 33.7 Å². The predicted octanol–water partition coefficient (Wildman–Crippen LogP) is 4.62. The van der Waals surface area contributed by atoms with Crippen molar-refractivity contribution in [1.82, 2.24) is 14.8 Å². The molecular weight excluding hydrogens is 352 g/mol. The van der Waals surface area contributed by atoms with Crippen LogP contribution < -0.4 is 5.32 Å². The third-order valence-electron chi connectivity index (χ3n) is 3.58. The van der Waals surface area contributed by atoms with Crippen LogP contribution >= 0.6 is 22.7 Å². The number of thiophene rings is 1. The van der Waals surface area contributed by atoms with E-state index < -0.39 is 0 Å². The molecule has 0 saturated carbocycles. The topological polar surface area (TPSA) is 59.8 Å². The van der Waals surface area contributed by atoms with Gasteiger partial charge in [0.25, 0.3) is 5.91 Å². The van der Waals surface area contributed by atoms with E-state index in [0.29, 0.717) is 10.7 Å². The minimum Gasteiger partial charge on any atom is -0.298 e. The van der Waals surface area contributed by atoms with Crippen molar-refractivity contribution in [1.29, 1.82) is 0 Å². The summed E-state index contributed by atoms with van der Waals surface area (Å²) in [6, 6.07) is 13.8. The molecule has 0 saturated heterocycles. The van der Waals surface area contributed by atoms with Crippen molar-refractivity contribution in [2.45, 2.75) is 6.92 Å². The van der Waals surface area contributed by atoms with Gasteiger partial charge in [-0.25, -0.2) is 9.67 Å². The van der Waals surface area contributed by atoms with E-state index in [4.69, 9.17) is 0 Å². The number of thiazole rings is 1. The molecule has 0 aliphatic carbocycles. The van der Waals surface area contributed by atoms with Gasteiger partial charge in [0.15, 0.2) is 5.13 Å². The van der Waals surface area contributed by atoms with Gasteiger partial charge in [0.2, 0.25) is 0 Å². The van der Waals surface area contributed by atoms with Gasteiger partial charge in [0.1, 0.15) is 0 Å². The van der Waals surface area contributed by atoms with Crippen molar-refractivity contribution in [3.05, 3.63) is 70.7 Å². The molecule has 3 aromatic heterocycles. The Morgan fingerprint density at radius 1 is 1.16 bits per heavy atom. The number of benzene rings is 1. The molecule has 124 valence electrons. The summed E-state index contributed by atoms with van der Waals surface area (Å²) in [5.41, 5.74) is 2.29. The summed E-state index contributed by atoms with van der Waals surface area (Å²) in [4.78, 5) is 19.2. The molecule has 0 spiro atoms. The van der Waals surface area contributed by atoms with Crippen LogP contribution in [0.1, 0.15) is 15.2 Å². The van der Waals surface area contributed by atoms with Crippen molar-refractivity contribution in [2.24, 2.45) is 0 Å². The van der Waals surface area contributed by atoms with Gasteiger partial charge in [-0.3, -0.25) is 10.1 Å². The largest absolute Gasteiger partial charge is 0.298 e. The fraction of sp³-hybridized carbons (Fsp3) is 0.0556. The Bertz CT molecular complexity index is 1020. The summed E-state index contributed by atoms with van der Waals surface area (Å²) in [7, 11) is 0. The van der Waals surface area contributed by atoms with E-state index in [-0.39, 0.29) is 5.91 Å². The van der Waals surface area contributed by atoms with Crippen molar-refractivity contribution < 1.29 is 4.79 Å². The van der Waals surface area contributed by atoms with Crippen LogP contribution in [0.15, 0.2) is 60.2 Å². The van der Waals surface area contributed by atoms with Crippen LogP contribution in [-0.2, 0) is 0 Å². The zero-order chi connectivity index (χ0) is 17.2. The number of hydrogen-bond acceptors (Lipinski definition) is 5. The lowest BCUT2D eigenvalue weighted by atomic mass is 10.3. The Kier molecular flexibility index (Phi) is 4.17. The highest BCUT2D eigenvalue weighted by atomic mass is 32.1. The van der Waals surface area contributed by atoms with Gasteiger partial charge in [-0.05, 0) is 31.2 Å². The van der Waals surface area contributed by atoms with Crippen LogP contribution in [0.2, 0.25) is 0 Å². The van der Waals surface area contributed by atoms with Crippen molar-refractivity contribution in [2.75, 3.05) is 5.32 Å². The predicted molar refractivity (Wildman–Crippen MR) is 102 cm³/mol. The Morgan fingerprint density at radius 2 is 2.00 bits per heavy atom. The van der Waals surface area contributed by atoms with E-state index in [9.17, 15) is 4.79 Å². The minimum absolute atomic E-state index is 0.217. The lowest BCUT2D eigenvalue weighted by Crippen LogP contribution is -2.10. The minimum atomic E-state index is -0.217. The number of carbonyl (C=O) groups excluding carboxylic acids is 1. The van der Waals surface area contributed by atoms with Crippen LogP contribution in [0.25, 0.3) is 16.3 Å². The number of rotatable bonds is 4. The molecule has 0 bridgehead atoms. The van der Waals surface area contributed by atoms with E-state index in [1.165, 1.54) is 16.2 Å². The van der Waals surface area contributed by atoms with Gasteiger partial charge in [-0.15, -0.1) is 22.7 Å². The van der Waals surface area contributed by atoms with E-state index in [1.54, 1.807) is 28.4 Å². The normalized spacial score (nSPS) is 10.8. The summed E-state index contributed by atoms with van der Waals surface area (Å²) in [5, 5.41) is 9.62. The zero-order valence-electron chi connectivity index (χ0n) is 13.3. The highest BCUT2D eigenvalue weighted by molar-refractivity contribution is 7.17. The first-order valence-electron chi connectivity index (χ1n) is 7.63. The molecule has 0 unspecified atom stereocenters. The maximum Gasteiger partial charge on any atom is 0.260 e. The van der Waals surface area contributed by atoms with Gasteiger partial charge in [-0.2, -0.15) is 5.10 Å².